The van der Waals surface area contributed by atoms with Crippen LogP contribution in [0.15, 0.2) is 17.1 Å². The van der Waals surface area contributed by atoms with E-state index < -0.39 is 11.4 Å². The van der Waals surface area contributed by atoms with Crippen LogP contribution in [0.3, 0.4) is 0 Å². The summed E-state index contributed by atoms with van der Waals surface area (Å²) in [5, 5.41) is 0. The van der Waals surface area contributed by atoms with E-state index in [0.717, 1.165) is 0 Å². The van der Waals surface area contributed by atoms with Crippen LogP contribution in [0.2, 0.25) is 0 Å². The molecule has 16 heavy (non-hydrogen) atoms. The summed E-state index contributed by atoms with van der Waals surface area (Å²) in [6, 6.07) is 2.82. The van der Waals surface area contributed by atoms with Crippen LogP contribution < -0.4 is 9.47 Å². The fourth-order valence-corrected chi connectivity index (χ4v) is 2.01. The lowest BCUT2D eigenvalue weighted by atomic mass is 10.0. The molecule has 0 unspecified atom stereocenters. The molecule has 5 heteroatoms. The normalized spacial score (nSPS) is 19.1. The maximum Gasteiger partial charge on any atom is 0.235 e. The fraction of sp³-hybridized carbons (Fsp3) is 0.364. The lowest BCUT2D eigenvalue weighted by Gasteiger charge is -2.12. The maximum atomic E-state index is 13.8. The van der Waals surface area contributed by atoms with Crippen molar-refractivity contribution in [2.45, 2.75) is 18.4 Å². The van der Waals surface area contributed by atoms with E-state index in [2.05, 4.69) is 4.99 Å². The summed E-state index contributed by atoms with van der Waals surface area (Å²) >= 11 is 0. The molecule has 3 rings (SSSR count). The molecule has 1 heterocycles. The lowest BCUT2D eigenvalue weighted by molar-refractivity contribution is 0.172. The highest BCUT2D eigenvalue weighted by atomic mass is 19.1. The molecule has 0 spiro atoms. The first-order valence-electron chi connectivity index (χ1n) is 4.94. The molecule has 0 saturated heterocycles. The first kappa shape index (κ1) is 9.36. The standard InChI is InChI=1S/C11H8FNO3/c12-7-1-2-8-10(16-6-15-8)9(7)11(3-4-11)13-5-14/h1-2H,3-4,6H2. The van der Waals surface area contributed by atoms with Crippen molar-refractivity contribution in [2.24, 2.45) is 4.99 Å². The van der Waals surface area contributed by atoms with Crippen LogP contribution in [0.4, 0.5) is 4.39 Å². The van der Waals surface area contributed by atoms with E-state index in [0.29, 0.717) is 29.9 Å². The largest absolute Gasteiger partial charge is 0.454 e. The number of hydrogen-bond donors (Lipinski definition) is 0. The Balaban J connectivity index is 2.20. The molecular formula is C11H8FNO3. The molecule has 4 nitrogen and oxygen atoms in total. The van der Waals surface area contributed by atoms with Crippen LogP contribution in [0.1, 0.15) is 18.4 Å². The van der Waals surface area contributed by atoms with Gasteiger partial charge in [0, 0.05) is 0 Å². The van der Waals surface area contributed by atoms with Gasteiger partial charge >= 0.3 is 0 Å². The summed E-state index contributed by atoms with van der Waals surface area (Å²) < 4.78 is 24.2. The average molecular weight is 221 g/mol. The lowest BCUT2D eigenvalue weighted by Crippen LogP contribution is -2.07. The van der Waals surface area contributed by atoms with Crippen molar-refractivity contribution >= 4 is 6.08 Å². The van der Waals surface area contributed by atoms with E-state index in [1.54, 1.807) is 0 Å². The molecule has 0 aromatic heterocycles. The Bertz CT molecular complexity index is 504. The number of ether oxygens (including phenoxy) is 2. The zero-order valence-electron chi connectivity index (χ0n) is 8.33. The number of aliphatic imine (C=N–C) groups is 1. The molecule has 0 N–H and O–H groups in total. The molecule has 1 aliphatic carbocycles. The van der Waals surface area contributed by atoms with E-state index in [4.69, 9.17) is 9.47 Å². The van der Waals surface area contributed by atoms with E-state index in [-0.39, 0.29) is 6.79 Å². The molecule has 0 bridgehead atoms. The highest BCUT2D eigenvalue weighted by molar-refractivity contribution is 5.55. The number of carbonyl (C=O) groups excluding carboxylic acids is 1. The third-order valence-electron chi connectivity index (χ3n) is 2.94. The Hall–Kier alpha value is -1.87. The average Bonchev–Trinajstić information content (AvgIpc) is 2.89. The van der Waals surface area contributed by atoms with Gasteiger partial charge in [-0.2, -0.15) is 4.99 Å². The first-order chi connectivity index (χ1) is 7.77. The second-order valence-corrected chi connectivity index (χ2v) is 3.89. The summed E-state index contributed by atoms with van der Waals surface area (Å²) in [6.07, 6.45) is 2.78. The summed E-state index contributed by atoms with van der Waals surface area (Å²) in [5.74, 6) is 0.459. The second-order valence-electron chi connectivity index (χ2n) is 3.89. The Morgan fingerprint density at radius 1 is 1.38 bits per heavy atom. The minimum absolute atomic E-state index is 0.0761. The Morgan fingerprint density at radius 2 is 2.19 bits per heavy atom. The van der Waals surface area contributed by atoms with Gasteiger partial charge in [-0.25, -0.2) is 9.18 Å². The predicted molar refractivity (Wildman–Crippen MR) is 51.6 cm³/mol. The van der Waals surface area contributed by atoms with Crippen molar-refractivity contribution in [2.75, 3.05) is 6.79 Å². The Labute approximate surface area is 90.7 Å². The number of rotatable bonds is 2. The fourth-order valence-electron chi connectivity index (χ4n) is 2.01. The number of hydrogen-bond acceptors (Lipinski definition) is 4. The van der Waals surface area contributed by atoms with Crippen molar-refractivity contribution in [3.8, 4) is 11.5 Å². The summed E-state index contributed by atoms with van der Waals surface area (Å²) in [7, 11) is 0. The van der Waals surface area contributed by atoms with Crippen molar-refractivity contribution in [3.63, 3.8) is 0 Å². The van der Waals surface area contributed by atoms with Crippen LogP contribution in [0, 0.1) is 5.82 Å². The SMILES string of the molecule is O=C=NC1(c2c(F)ccc3c2OCO3)CC1. The van der Waals surface area contributed by atoms with Crippen molar-refractivity contribution in [1.82, 2.24) is 0 Å². The minimum Gasteiger partial charge on any atom is -0.454 e. The van der Waals surface area contributed by atoms with Gasteiger partial charge in [-0.1, -0.05) is 0 Å². The van der Waals surface area contributed by atoms with Gasteiger partial charge in [0.15, 0.2) is 11.5 Å². The molecule has 82 valence electrons. The van der Waals surface area contributed by atoms with Gasteiger partial charge in [-0.3, -0.25) is 0 Å². The Kier molecular flexibility index (Phi) is 1.79. The summed E-state index contributed by atoms with van der Waals surface area (Å²) in [4.78, 5) is 14.1. The number of nitrogens with zero attached hydrogens (tertiary/aromatic N) is 1. The van der Waals surface area contributed by atoms with Crippen molar-refractivity contribution in [1.29, 1.82) is 0 Å². The van der Waals surface area contributed by atoms with E-state index in [9.17, 15) is 9.18 Å². The van der Waals surface area contributed by atoms with Crippen LogP contribution >= 0.6 is 0 Å². The second kappa shape index (κ2) is 3.06. The molecule has 1 fully saturated rings. The highest BCUT2D eigenvalue weighted by Gasteiger charge is 2.50. The van der Waals surface area contributed by atoms with Gasteiger partial charge in [0.1, 0.15) is 11.4 Å². The quantitative estimate of drug-likeness (QED) is 0.565. The van der Waals surface area contributed by atoms with E-state index in [1.807, 2.05) is 0 Å². The summed E-state index contributed by atoms with van der Waals surface area (Å²) in [6.45, 7) is 0.0761. The molecule has 0 atom stereocenters. The smallest absolute Gasteiger partial charge is 0.235 e. The molecule has 2 aliphatic rings. The van der Waals surface area contributed by atoms with Gasteiger partial charge < -0.3 is 9.47 Å². The van der Waals surface area contributed by atoms with Crippen LogP contribution in [0.5, 0.6) is 11.5 Å². The topological polar surface area (TPSA) is 47.9 Å². The van der Waals surface area contributed by atoms with Crippen molar-refractivity contribution < 1.29 is 18.7 Å². The van der Waals surface area contributed by atoms with Crippen LogP contribution in [0.25, 0.3) is 0 Å². The molecule has 1 aromatic rings. The monoisotopic (exact) mass is 221 g/mol. The predicted octanol–water partition coefficient (Wildman–Crippen LogP) is 1.88. The molecule has 1 aromatic carbocycles. The Morgan fingerprint density at radius 3 is 2.88 bits per heavy atom. The zero-order chi connectivity index (χ0) is 11.2. The van der Waals surface area contributed by atoms with Crippen LogP contribution in [-0.4, -0.2) is 12.9 Å². The number of isocyanates is 1. The first-order valence-corrected chi connectivity index (χ1v) is 4.94. The zero-order valence-corrected chi connectivity index (χ0v) is 8.33. The van der Waals surface area contributed by atoms with Gasteiger partial charge in [0.05, 0.1) is 5.56 Å². The third kappa shape index (κ3) is 1.15. The van der Waals surface area contributed by atoms with Gasteiger partial charge in [-0.05, 0) is 25.0 Å². The van der Waals surface area contributed by atoms with E-state index >= 15 is 0 Å². The van der Waals surface area contributed by atoms with Gasteiger partial charge in [-0.15, -0.1) is 0 Å². The van der Waals surface area contributed by atoms with Gasteiger partial charge in [0.2, 0.25) is 12.9 Å². The third-order valence-corrected chi connectivity index (χ3v) is 2.94. The molecule has 0 amide bonds. The molecule has 1 saturated carbocycles. The number of fused-ring (bicyclic) bond motifs is 1. The number of halogens is 1. The van der Waals surface area contributed by atoms with Gasteiger partial charge in [0.25, 0.3) is 0 Å². The highest BCUT2D eigenvalue weighted by Crippen LogP contribution is 2.55. The van der Waals surface area contributed by atoms with Crippen LogP contribution in [-0.2, 0) is 10.3 Å². The van der Waals surface area contributed by atoms with E-state index in [1.165, 1.54) is 18.2 Å². The minimum atomic E-state index is -0.773. The maximum absolute atomic E-state index is 13.8. The van der Waals surface area contributed by atoms with Crippen molar-refractivity contribution in [3.05, 3.63) is 23.5 Å². The summed E-state index contributed by atoms with van der Waals surface area (Å²) in [5.41, 5.74) is -0.448. The molecular weight excluding hydrogens is 213 g/mol. The molecule has 0 radical (unpaired) electrons. The molecule has 1 aliphatic heterocycles. The number of benzene rings is 1.